The SMILES string of the molecule is O=C(O)c1cccc(N2CC3CC2CN3)c1. The van der Waals surface area contributed by atoms with E-state index in [1.54, 1.807) is 12.1 Å². The number of rotatable bonds is 2. The van der Waals surface area contributed by atoms with Gasteiger partial charge in [0.2, 0.25) is 0 Å². The molecule has 2 aliphatic heterocycles. The zero-order valence-corrected chi connectivity index (χ0v) is 8.89. The molecule has 4 nitrogen and oxygen atoms in total. The molecular weight excluding hydrogens is 204 g/mol. The van der Waals surface area contributed by atoms with Crippen LogP contribution in [0.5, 0.6) is 0 Å². The Morgan fingerprint density at radius 2 is 2.38 bits per heavy atom. The summed E-state index contributed by atoms with van der Waals surface area (Å²) in [7, 11) is 0. The lowest BCUT2D eigenvalue weighted by atomic mass is 10.1. The summed E-state index contributed by atoms with van der Waals surface area (Å²) in [4.78, 5) is 13.2. The van der Waals surface area contributed by atoms with Crippen LogP contribution in [0.25, 0.3) is 0 Å². The second-order valence-corrected chi connectivity index (χ2v) is 4.50. The normalized spacial score (nSPS) is 27.4. The number of hydrogen-bond donors (Lipinski definition) is 2. The number of carbonyl (C=O) groups is 1. The molecule has 2 atom stereocenters. The number of piperazine rings is 1. The standard InChI is InChI=1S/C12H14N2O2/c15-12(16)8-2-1-3-10(4-8)14-7-9-5-11(14)6-13-9/h1-4,9,11,13H,5-7H2,(H,15,16). The van der Waals surface area contributed by atoms with Gasteiger partial charge in [-0.2, -0.15) is 0 Å². The second kappa shape index (κ2) is 3.49. The lowest BCUT2D eigenvalue weighted by molar-refractivity contribution is 0.0697. The Bertz CT molecular complexity index is 433. The van der Waals surface area contributed by atoms with Crippen LogP contribution in [0.15, 0.2) is 24.3 Å². The number of hydrogen-bond acceptors (Lipinski definition) is 3. The Morgan fingerprint density at radius 3 is 3.00 bits per heavy atom. The average Bonchev–Trinajstić information content (AvgIpc) is 2.91. The van der Waals surface area contributed by atoms with Crippen molar-refractivity contribution in [2.45, 2.75) is 18.5 Å². The Morgan fingerprint density at radius 1 is 1.50 bits per heavy atom. The number of nitrogens with zero attached hydrogens (tertiary/aromatic N) is 1. The summed E-state index contributed by atoms with van der Waals surface area (Å²) in [6.45, 7) is 2.01. The first-order chi connectivity index (χ1) is 7.74. The zero-order chi connectivity index (χ0) is 11.1. The van der Waals surface area contributed by atoms with Gasteiger partial charge in [-0.1, -0.05) is 6.07 Å². The maximum Gasteiger partial charge on any atom is 0.335 e. The number of benzene rings is 1. The third-order valence-electron chi connectivity index (χ3n) is 3.48. The van der Waals surface area contributed by atoms with Crippen LogP contribution < -0.4 is 10.2 Å². The summed E-state index contributed by atoms with van der Waals surface area (Å²) in [5, 5.41) is 12.4. The van der Waals surface area contributed by atoms with Gasteiger partial charge in [0.15, 0.2) is 0 Å². The van der Waals surface area contributed by atoms with Crippen molar-refractivity contribution in [3.8, 4) is 0 Å². The molecule has 0 radical (unpaired) electrons. The molecular formula is C12H14N2O2. The Kier molecular flexibility index (Phi) is 2.11. The van der Waals surface area contributed by atoms with Crippen molar-refractivity contribution >= 4 is 11.7 Å². The first-order valence-electron chi connectivity index (χ1n) is 5.57. The minimum Gasteiger partial charge on any atom is -0.478 e. The summed E-state index contributed by atoms with van der Waals surface area (Å²) in [5.74, 6) is -0.857. The monoisotopic (exact) mass is 218 g/mol. The fraction of sp³-hybridized carbons (Fsp3) is 0.417. The van der Waals surface area contributed by atoms with E-state index in [1.165, 1.54) is 6.42 Å². The van der Waals surface area contributed by atoms with Gasteiger partial charge in [0, 0.05) is 30.9 Å². The first kappa shape index (κ1) is 9.66. The molecule has 1 aromatic rings. The van der Waals surface area contributed by atoms with E-state index in [4.69, 9.17) is 5.11 Å². The highest BCUT2D eigenvalue weighted by Crippen LogP contribution is 2.29. The van der Waals surface area contributed by atoms with Crippen molar-refractivity contribution in [3.63, 3.8) is 0 Å². The van der Waals surface area contributed by atoms with Crippen LogP contribution >= 0.6 is 0 Å². The van der Waals surface area contributed by atoms with Gasteiger partial charge in [-0.05, 0) is 24.6 Å². The van der Waals surface area contributed by atoms with E-state index in [2.05, 4.69) is 10.2 Å². The van der Waals surface area contributed by atoms with Crippen LogP contribution in [-0.4, -0.2) is 36.2 Å². The van der Waals surface area contributed by atoms with E-state index in [-0.39, 0.29) is 0 Å². The smallest absolute Gasteiger partial charge is 0.335 e. The topological polar surface area (TPSA) is 52.6 Å². The largest absolute Gasteiger partial charge is 0.478 e. The van der Waals surface area contributed by atoms with Crippen molar-refractivity contribution < 1.29 is 9.90 Å². The highest BCUT2D eigenvalue weighted by Gasteiger charge is 2.37. The van der Waals surface area contributed by atoms with E-state index in [0.29, 0.717) is 17.6 Å². The molecule has 3 rings (SSSR count). The zero-order valence-electron chi connectivity index (χ0n) is 8.89. The lowest BCUT2D eigenvalue weighted by Crippen LogP contribution is -2.43. The van der Waals surface area contributed by atoms with Gasteiger partial charge in [-0.25, -0.2) is 4.79 Å². The highest BCUT2D eigenvalue weighted by atomic mass is 16.4. The van der Waals surface area contributed by atoms with Gasteiger partial charge < -0.3 is 15.3 Å². The molecule has 1 aromatic carbocycles. The quantitative estimate of drug-likeness (QED) is 0.775. The molecule has 2 heterocycles. The molecule has 16 heavy (non-hydrogen) atoms. The fourth-order valence-corrected chi connectivity index (χ4v) is 2.69. The third-order valence-corrected chi connectivity index (χ3v) is 3.48. The summed E-state index contributed by atoms with van der Waals surface area (Å²) < 4.78 is 0. The van der Waals surface area contributed by atoms with Gasteiger partial charge in [-0.15, -0.1) is 0 Å². The van der Waals surface area contributed by atoms with Gasteiger partial charge >= 0.3 is 5.97 Å². The van der Waals surface area contributed by atoms with Crippen LogP contribution in [0.3, 0.4) is 0 Å². The molecule has 2 unspecified atom stereocenters. The number of nitrogens with one attached hydrogen (secondary N) is 1. The number of aromatic carboxylic acids is 1. The van der Waals surface area contributed by atoms with Crippen molar-refractivity contribution in [3.05, 3.63) is 29.8 Å². The summed E-state index contributed by atoms with van der Waals surface area (Å²) in [6.07, 6.45) is 1.18. The summed E-state index contributed by atoms with van der Waals surface area (Å²) in [5.41, 5.74) is 1.40. The average molecular weight is 218 g/mol. The molecule has 2 N–H and O–H groups in total. The Labute approximate surface area is 93.9 Å². The van der Waals surface area contributed by atoms with E-state index in [9.17, 15) is 4.79 Å². The van der Waals surface area contributed by atoms with E-state index < -0.39 is 5.97 Å². The third kappa shape index (κ3) is 1.46. The van der Waals surface area contributed by atoms with Gasteiger partial charge in [-0.3, -0.25) is 0 Å². The highest BCUT2D eigenvalue weighted by molar-refractivity contribution is 5.88. The molecule has 2 saturated heterocycles. The maximum absolute atomic E-state index is 10.9. The van der Waals surface area contributed by atoms with Crippen molar-refractivity contribution in [1.82, 2.24) is 5.32 Å². The molecule has 0 spiro atoms. The van der Waals surface area contributed by atoms with Crippen LogP contribution in [0, 0.1) is 0 Å². The molecule has 0 aliphatic carbocycles. The van der Waals surface area contributed by atoms with Crippen LogP contribution in [0.4, 0.5) is 5.69 Å². The first-order valence-corrected chi connectivity index (χ1v) is 5.57. The number of carboxylic acid groups (broad SMARTS) is 1. The molecule has 2 bridgehead atoms. The molecule has 84 valence electrons. The minimum absolute atomic E-state index is 0.369. The van der Waals surface area contributed by atoms with Crippen molar-refractivity contribution in [2.75, 3.05) is 18.0 Å². The number of carboxylic acids is 1. The molecule has 2 fully saturated rings. The molecule has 0 amide bonds. The molecule has 2 aliphatic rings. The van der Waals surface area contributed by atoms with E-state index in [0.717, 1.165) is 18.8 Å². The summed E-state index contributed by atoms with van der Waals surface area (Å²) in [6, 6.07) is 8.33. The van der Waals surface area contributed by atoms with Crippen molar-refractivity contribution in [2.24, 2.45) is 0 Å². The van der Waals surface area contributed by atoms with Crippen molar-refractivity contribution in [1.29, 1.82) is 0 Å². The van der Waals surface area contributed by atoms with E-state index in [1.807, 2.05) is 12.1 Å². The number of fused-ring (bicyclic) bond motifs is 2. The molecule has 4 heteroatoms. The maximum atomic E-state index is 10.9. The van der Waals surface area contributed by atoms with Gasteiger partial charge in [0.05, 0.1) is 5.56 Å². The molecule has 0 aromatic heterocycles. The number of anilines is 1. The minimum atomic E-state index is -0.857. The van der Waals surface area contributed by atoms with Gasteiger partial charge in [0.25, 0.3) is 0 Å². The lowest BCUT2D eigenvalue weighted by Gasteiger charge is -2.29. The fourth-order valence-electron chi connectivity index (χ4n) is 2.69. The Hall–Kier alpha value is -1.55. The van der Waals surface area contributed by atoms with Crippen LogP contribution in [0.1, 0.15) is 16.8 Å². The molecule has 0 saturated carbocycles. The van der Waals surface area contributed by atoms with Gasteiger partial charge in [0.1, 0.15) is 0 Å². The predicted octanol–water partition coefficient (Wildman–Crippen LogP) is 0.935. The second-order valence-electron chi connectivity index (χ2n) is 4.50. The van der Waals surface area contributed by atoms with Crippen LogP contribution in [-0.2, 0) is 0 Å². The Balaban J connectivity index is 1.89. The predicted molar refractivity (Wildman–Crippen MR) is 60.9 cm³/mol. The summed E-state index contributed by atoms with van der Waals surface area (Å²) >= 11 is 0. The van der Waals surface area contributed by atoms with Crippen LogP contribution in [0.2, 0.25) is 0 Å². The van der Waals surface area contributed by atoms with E-state index >= 15 is 0 Å².